The molecular formula is C10H15Cl. The summed E-state index contributed by atoms with van der Waals surface area (Å²) in [5.74, 6) is 2.50. The number of fused-ring (bicyclic) bond motifs is 1. The lowest BCUT2D eigenvalue weighted by atomic mass is 9.49. The minimum atomic E-state index is 0.555. The first-order valence-electron chi connectivity index (χ1n) is 4.41. The maximum atomic E-state index is 5.86. The number of halogens is 1. The van der Waals surface area contributed by atoms with Crippen molar-refractivity contribution in [3.63, 3.8) is 0 Å². The van der Waals surface area contributed by atoms with Crippen molar-refractivity contribution in [2.45, 2.75) is 26.7 Å². The lowest BCUT2D eigenvalue weighted by Gasteiger charge is -2.56. The van der Waals surface area contributed by atoms with Crippen LogP contribution in [0.1, 0.15) is 26.7 Å². The summed E-state index contributed by atoms with van der Waals surface area (Å²) < 4.78 is 0. The van der Waals surface area contributed by atoms with Gasteiger partial charge >= 0.3 is 0 Å². The summed E-state index contributed by atoms with van der Waals surface area (Å²) >= 11 is 5.86. The van der Waals surface area contributed by atoms with Crippen LogP contribution in [0.5, 0.6) is 0 Å². The lowest BCUT2D eigenvalue weighted by molar-refractivity contribution is -0.00548. The van der Waals surface area contributed by atoms with Crippen LogP contribution in [0, 0.1) is 17.3 Å². The van der Waals surface area contributed by atoms with Crippen LogP contribution in [0.4, 0.5) is 0 Å². The summed E-state index contributed by atoms with van der Waals surface area (Å²) in [5.41, 5.74) is 2.05. The van der Waals surface area contributed by atoms with Gasteiger partial charge in [-0.15, -0.1) is 11.6 Å². The summed E-state index contributed by atoms with van der Waals surface area (Å²) in [5, 5.41) is 0. The molecule has 0 aromatic carbocycles. The van der Waals surface area contributed by atoms with E-state index in [2.05, 4.69) is 19.9 Å². The molecule has 2 bridgehead atoms. The predicted molar refractivity (Wildman–Crippen MR) is 48.8 cm³/mol. The van der Waals surface area contributed by atoms with Gasteiger partial charge in [0.2, 0.25) is 0 Å². The molecule has 0 heterocycles. The van der Waals surface area contributed by atoms with E-state index in [-0.39, 0.29) is 0 Å². The third kappa shape index (κ3) is 0.885. The van der Waals surface area contributed by atoms with E-state index < -0.39 is 0 Å². The van der Waals surface area contributed by atoms with Gasteiger partial charge in [0.25, 0.3) is 0 Å². The van der Waals surface area contributed by atoms with Gasteiger partial charge in [-0.05, 0) is 30.1 Å². The molecule has 0 amide bonds. The summed E-state index contributed by atoms with van der Waals surface area (Å²) in [4.78, 5) is 0. The molecule has 11 heavy (non-hydrogen) atoms. The van der Waals surface area contributed by atoms with E-state index in [9.17, 15) is 0 Å². The summed E-state index contributed by atoms with van der Waals surface area (Å²) in [7, 11) is 0. The molecule has 3 aliphatic rings. The largest absolute Gasteiger partial charge is 0.122 e. The zero-order valence-electron chi connectivity index (χ0n) is 7.23. The van der Waals surface area contributed by atoms with Crippen molar-refractivity contribution >= 4 is 11.6 Å². The average Bonchev–Trinajstić information content (AvgIpc) is 2.04. The van der Waals surface area contributed by atoms with Crippen LogP contribution in [0.25, 0.3) is 0 Å². The molecule has 0 saturated heterocycles. The number of rotatable bonds is 1. The zero-order valence-corrected chi connectivity index (χ0v) is 7.99. The fraction of sp³-hybridized carbons (Fsp3) is 0.800. The third-order valence-corrected chi connectivity index (χ3v) is 4.05. The molecule has 1 saturated carbocycles. The van der Waals surface area contributed by atoms with E-state index in [0.29, 0.717) is 5.41 Å². The number of hydrogen-bond acceptors (Lipinski definition) is 0. The van der Waals surface area contributed by atoms with Crippen LogP contribution in [0.3, 0.4) is 0 Å². The van der Waals surface area contributed by atoms with Gasteiger partial charge in [-0.3, -0.25) is 0 Å². The topological polar surface area (TPSA) is 0 Å². The molecule has 0 N–H and O–H groups in total. The molecule has 3 aliphatic carbocycles. The maximum absolute atomic E-state index is 5.86. The molecule has 1 heteroatoms. The fourth-order valence-corrected chi connectivity index (χ4v) is 2.92. The predicted octanol–water partition coefficient (Wildman–Crippen LogP) is 3.22. The molecule has 0 aromatic rings. The van der Waals surface area contributed by atoms with Crippen LogP contribution < -0.4 is 0 Å². The first-order valence-corrected chi connectivity index (χ1v) is 4.94. The first kappa shape index (κ1) is 7.67. The van der Waals surface area contributed by atoms with Gasteiger partial charge in [-0.1, -0.05) is 25.5 Å². The molecule has 0 spiro atoms. The smallest absolute Gasteiger partial charge is 0.0436 e. The minimum absolute atomic E-state index is 0.555. The molecule has 1 fully saturated rings. The van der Waals surface area contributed by atoms with Gasteiger partial charge in [-0.2, -0.15) is 0 Å². The normalized spacial score (nSPS) is 39.4. The van der Waals surface area contributed by atoms with Gasteiger partial charge in [-0.25, -0.2) is 0 Å². The molecular weight excluding hydrogens is 156 g/mol. The highest BCUT2D eigenvalue weighted by atomic mass is 35.5. The highest BCUT2D eigenvalue weighted by molar-refractivity contribution is 6.19. The van der Waals surface area contributed by atoms with E-state index in [1.54, 1.807) is 0 Å². The second-order valence-electron chi connectivity index (χ2n) is 4.45. The van der Waals surface area contributed by atoms with E-state index in [1.807, 2.05) is 0 Å². The molecule has 0 radical (unpaired) electrons. The lowest BCUT2D eigenvalue weighted by Crippen LogP contribution is -2.48. The van der Waals surface area contributed by atoms with Crippen LogP contribution in [0.15, 0.2) is 11.6 Å². The minimum Gasteiger partial charge on any atom is -0.122 e. The Morgan fingerprint density at radius 3 is 2.73 bits per heavy atom. The Hall–Kier alpha value is 0.0300. The summed E-state index contributed by atoms with van der Waals surface area (Å²) in [6.45, 7) is 4.76. The Balaban J connectivity index is 2.23. The summed E-state index contributed by atoms with van der Waals surface area (Å²) in [6.07, 6.45) is 5.02. The van der Waals surface area contributed by atoms with Crippen molar-refractivity contribution in [2.24, 2.45) is 17.3 Å². The molecule has 62 valence electrons. The summed E-state index contributed by atoms with van der Waals surface area (Å²) in [6, 6.07) is 0. The first-order chi connectivity index (χ1) is 5.16. The second-order valence-corrected chi connectivity index (χ2v) is 4.72. The second kappa shape index (κ2) is 2.26. The van der Waals surface area contributed by atoms with Crippen molar-refractivity contribution in [1.82, 2.24) is 0 Å². The van der Waals surface area contributed by atoms with Gasteiger partial charge in [0.15, 0.2) is 0 Å². The maximum Gasteiger partial charge on any atom is 0.0436 e. The Labute approximate surface area is 73.6 Å². The van der Waals surface area contributed by atoms with Gasteiger partial charge in [0.05, 0.1) is 0 Å². The SMILES string of the molecule is CC1(C)C2CC=C(CCl)[C@@H]1C2. The molecule has 2 atom stereocenters. The van der Waals surface area contributed by atoms with Crippen LogP contribution in [-0.2, 0) is 0 Å². The van der Waals surface area contributed by atoms with Crippen LogP contribution >= 0.6 is 11.6 Å². The zero-order chi connectivity index (χ0) is 8.06. The van der Waals surface area contributed by atoms with E-state index in [4.69, 9.17) is 11.6 Å². The van der Waals surface area contributed by atoms with Crippen molar-refractivity contribution in [2.75, 3.05) is 5.88 Å². The Kier molecular flexibility index (Phi) is 1.57. The Morgan fingerprint density at radius 2 is 2.36 bits per heavy atom. The van der Waals surface area contributed by atoms with Crippen molar-refractivity contribution in [1.29, 1.82) is 0 Å². The number of allylic oxidation sites excluding steroid dienone is 2. The van der Waals surface area contributed by atoms with Crippen molar-refractivity contribution in [3.8, 4) is 0 Å². The molecule has 1 unspecified atom stereocenters. The Morgan fingerprint density at radius 1 is 1.64 bits per heavy atom. The Bertz CT molecular complexity index is 203. The average molecular weight is 171 g/mol. The van der Waals surface area contributed by atoms with Crippen LogP contribution in [0.2, 0.25) is 0 Å². The van der Waals surface area contributed by atoms with Crippen molar-refractivity contribution in [3.05, 3.63) is 11.6 Å². The van der Waals surface area contributed by atoms with Gasteiger partial charge in [0.1, 0.15) is 0 Å². The van der Waals surface area contributed by atoms with E-state index >= 15 is 0 Å². The molecule has 3 rings (SSSR count). The molecule has 0 aromatic heterocycles. The third-order valence-electron chi connectivity index (χ3n) is 3.74. The van der Waals surface area contributed by atoms with Gasteiger partial charge in [0, 0.05) is 5.88 Å². The fourth-order valence-electron chi connectivity index (χ4n) is 2.63. The molecule has 0 nitrogen and oxygen atoms in total. The standard InChI is InChI=1S/C10H15Cl/c1-10(2)8-4-3-7(6-11)9(10)5-8/h3,8-9H,4-6H2,1-2H3/t8?,9-/m0/s1. The highest BCUT2D eigenvalue weighted by Crippen LogP contribution is 2.59. The molecule has 0 aliphatic heterocycles. The van der Waals surface area contributed by atoms with E-state index in [1.165, 1.54) is 18.4 Å². The monoisotopic (exact) mass is 170 g/mol. The number of alkyl halides is 1. The van der Waals surface area contributed by atoms with Crippen LogP contribution in [-0.4, -0.2) is 5.88 Å². The van der Waals surface area contributed by atoms with Gasteiger partial charge < -0.3 is 0 Å². The quantitative estimate of drug-likeness (QED) is 0.419. The van der Waals surface area contributed by atoms with E-state index in [0.717, 1.165) is 17.7 Å². The van der Waals surface area contributed by atoms with Crippen molar-refractivity contribution < 1.29 is 0 Å². The number of hydrogen-bond donors (Lipinski definition) is 0. The highest BCUT2D eigenvalue weighted by Gasteiger charge is 2.50.